The Morgan fingerprint density at radius 3 is 2.18 bits per heavy atom. The number of amides is 3. The molecule has 0 radical (unpaired) electrons. The molecule has 57 heavy (non-hydrogen) atoms. The standard InChI is InChI=1S/C43H61IN7O6/c1-28-22-34(16-17-35(28)44-8)48-38(53)36(49-37(52)31-14-12-29(13-15-31)25-47-40(54)56-42(2,3)4)24-30-10-9-11-32(23-30)33-26-45-39(46-27-33)50-18-20-51(21-19-50)41(55)57-43(5,6)7/h9-11,16-17,22-23,26-27,29,31,36-37,49,52H,12-15,18-21,24-25H2,1-8H3,(H,47,54)(H,48,53)/q-1/t29?,31?,36-,37+/m0/s1. The van der Waals surface area contributed by atoms with E-state index < -0.39 is 29.6 Å². The summed E-state index contributed by atoms with van der Waals surface area (Å²) in [6.45, 7) is 16.0. The molecule has 14 heteroatoms. The fourth-order valence-corrected chi connectivity index (χ4v) is 8.69. The van der Waals surface area contributed by atoms with E-state index in [1.165, 1.54) is 3.57 Å². The summed E-state index contributed by atoms with van der Waals surface area (Å²) in [5.74, 6) is 0.654. The number of aliphatic hydroxyl groups excluding tert-OH is 1. The molecule has 0 unspecified atom stereocenters. The summed E-state index contributed by atoms with van der Waals surface area (Å²) in [6.07, 6.45) is 5.61. The van der Waals surface area contributed by atoms with Crippen molar-refractivity contribution < 1.29 is 50.2 Å². The number of hydrogen-bond acceptors (Lipinski definition) is 10. The Labute approximate surface area is 348 Å². The molecule has 2 heterocycles. The Kier molecular flexibility index (Phi) is 15.2. The van der Waals surface area contributed by atoms with Gasteiger partial charge in [-0.05, 0) is 47.5 Å². The van der Waals surface area contributed by atoms with E-state index in [0.717, 1.165) is 53.6 Å². The quantitative estimate of drug-likeness (QED) is 0.121. The number of halogens is 1. The Morgan fingerprint density at radius 2 is 1.56 bits per heavy atom. The molecular formula is C43H61IN7O6-. The molecule has 4 N–H and O–H groups in total. The summed E-state index contributed by atoms with van der Waals surface area (Å²) in [5.41, 5.74) is 3.49. The fourth-order valence-electron chi connectivity index (χ4n) is 7.15. The van der Waals surface area contributed by atoms with Crippen LogP contribution in [0.5, 0.6) is 0 Å². The monoisotopic (exact) mass is 898 g/mol. The molecule has 3 aromatic rings. The van der Waals surface area contributed by atoms with E-state index >= 15 is 0 Å². The third kappa shape index (κ3) is 13.5. The number of nitrogens with zero attached hydrogens (tertiary/aromatic N) is 4. The van der Waals surface area contributed by atoms with Gasteiger partial charge in [0.15, 0.2) is 0 Å². The Bertz CT molecular complexity index is 1810. The van der Waals surface area contributed by atoms with Crippen molar-refractivity contribution in [1.29, 1.82) is 0 Å². The molecule has 1 aliphatic heterocycles. The number of aryl methyl sites for hydroxylation is 1. The number of nitrogens with one attached hydrogen (secondary N) is 3. The van der Waals surface area contributed by atoms with Crippen molar-refractivity contribution in [2.45, 2.75) is 104 Å². The van der Waals surface area contributed by atoms with Crippen LogP contribution in [0.2, 0.25) is 0 Å². The number of aliphatic hydroxyl groups is 1. The SMILES string of the molecule is C[I-]c1ccc(NC(=O)[C@H](Cc2cccc(-c3cnc(N4CCN(C(=O)OC(C)(C)C)CC4)nc3)c2)N[C@H](O)C2CCC(CNC(=O)OC(C)(C)C)CC2)cc1C. The zero-order valence-corrected chi connectivity index (χ0v) is 36.9. The van der Waals surface area contributed by atoms with E-state index in [0.29, 0.717) is 51.0 Å². The number of aromatic nitrogens is 2. The van der Waals surface area contributed by atoms with Crippen molar-refractivity contribution in [3.8, 4) is 11.1 Å². The molecular weight excluding hydrogens is 837 g/mol. The maximum atomic E-state index is 14.0. The number of anilines is 2. The van der Waals surface area contributed by atoms with Gasteiger partial charge in [0.1, 0.15) is 11.2 Å². The second-order valence-corrected chi connectivity index (χ2v) is 19.3. The molecule has 0 spiro atoms. The number of carbonyl (C=O) groups is 3. The molecule has 2 aliphatic rings. The van der Waals surface area contributed by atoms with Gasteiger partial charge in [-0.3, -0.25) is 0 Å². The first-order valence-electron chi connectivity index (χ1n) is 19.9. The third-order valence-electron chi connectivity index (χ3n) is 10.1. The molecule has 2 atom stereocenters. The van der Waals surface area contributed by atoms with Crippen LogP contribution in [0.25, 0.3) is 11.1 Å². The van der Waals surface area contributed by atoms with Crippen LogP contribution in [0.15, 0.2) is 54.9 Å². The molecule has 0 bridgehead atoms. The average Bonchev–Trinajstić information content (AvgIpc) is 3.16. The summed E-state index contributed by atoms with van der Waals surface area (Å²) >= 11 is -0.0788. The first-order valence-corrected chi connectivity index (χ1v) is 23.2. The van der Waals surface area contributed by atoms with E-state index in [2.05, 4.69) is 48.7 Å². The minimum absolute atomic E-state index is 0.0321. The number of benzene rings is 2. The molecule has 13 nitrogen and oxygen atoms in total. The van der Waals surface area contributed by atoms with Gasteiger partial charge in [0.05, 0.1) is 0 Å². The number of alkyl carbamates (subject to hydrolysis) is 1. The molecule has 3 amide bonds. The molecule has 1 saturated carbocycles. The summed E-state index contributed by atoms with van der Waals surface area (Å²) in [5, 5.41) is 20.8. The molecule has 312 valence electrons. The molecule has 1 aromatic heterocycles. The van der Waals surface area contributed by atoms with Crippen molar-refractivity contribution in [1.82, 2.24) is 25.5 Å². The van der Waals surface area contributed by atoms with Gasteiger partial charge in [-0.25, -0.2) is 19.6 Å². The minimum atomic E-state index is -0.885. The summed E-state index contributed by atoms with van der Waals surface area (Å²) in [7, 11) is 0. The van der Waals surface area contributed by atoms with Crippen LogP contribution < -0.4 is 42.1 Å². The summed E-state index contributed by atoms with van der Waals surface area (Å²) in [6, 6.07) is 13.3. The first-order chi connectivity index (χ1) is 27.0. The zero-order chi connectivity index (χ0) is 41.3. The predicted octanol–water partition coefficient (Wildman–Crippen LogP) is 3.19. The van der Waals surface area contributed by atoms with Crippen LogP contribution >= 0.6 is 0 Å². The number of alkyl halides is 1. The number of carbonyl (C=O) groups excluding carboxylic acids is 3. The van der Waals surface area contributed by atoms with Gasteiger partial charge >= 0.3 is 196 Å². The fraction of sp³-hybridized carbons (Fsp3) is 0.558. The van der Waals surface area contributed by atoms with Gasteiger partial charge in [-0.15, -0.1) is 0 Å². The molecule has 1 aliphatic carbocycles. The second kappa shape index (κ2) is 19.6. The van der Waals surface area contributed by atoms with Crippen LogP contribution in [0.3, 0.4) is 0 Å². The van der Waals surface area contributed by atoms with Crippen LogP contribution in [0, 0.1) is 22.3 Å². The van der Waals surface area contributed by atoms with Crippen molar-refractivity contribution in [3.05, 3.63) is 69.6 Å². The van der Waals surface area contributed by atoms with Gasteiger partial charge in [0, 0.05) is 45.1 Å². The van der Waals surface area contributed by atoms with Crippen molar-refractivity contribution in [2.24, 2.45) is 11.8 Å². The topological polar surface area (TPSA) is 158 Å². The summed E-state index contributed by atoms with van der Waals surface area (Å²) in [4.78, 5) is 54.0. The van der Waals surface area contributed by atoms with Crippen LogP contribution in [-0.4, -0.2) is 99.2 Å². The number of hydrogen-bond donors (Lipinski definition) is 4. The van der Waals surface area contributed by atoms with E-state index in [1.807, 2.05) is 77.9 Å². The summed E-state index contributed by atoms with van der Waals surface area (Å²) < 4.78 is 12.2. The van der Waals surface area contributed by atoms with E-state index in [4.69, 9.17) is 9.47 Å². The number of rotatable bonds is 12. The van der Waals surface area contributed by atoms with Gasteiger partial charge in [0.25, 0.3) is 0 Å². The maximum absolute atomic E-state index is 14.0. The van der Waals surface area contributed by atoms with Crippen molar-refractivity contribution in [2.75, 3.05) is 47.9 Å². The zero-order valence-electron chi connectivity index (χ0n) is 34.7. The third-order valence-corrected chi connectivity index (χ3v) is 12.5. The Hall–Kier alpha value is -4.02. The van der Waals surface area contributed by atoms with Crippen molar-refractivity contribution in [3.63, 3.8) is 0 Å². The molecule has 2 aromatic carbocycles. The second-order valence-electron chi connectivity index (χ2n) is 17.1. The van der Waals surface area contributed by atoms with E-state index in [1.54, 1.807) is 17.3 Å². The Morgan fingerprint density at radius 1 is 0.895 bits per heavy atom. The Balaban J connectivity index is 1.23. The van der Waals surface area contributed by atoms with Gasteiger partial charge in [0.2, 0.25) is 5.95 Å². The van der Waals surface area contributed by atoms with Gasteiger partial charge in [-0.1, -0.05) is 0 Å². The normalized spacial score (nSPS) is 18.8. The molecule has 5 rings (SSSR count). The van der Waals surface area contributed by atoms with E-state index in [9.17, 15) is 19.5 Å². The van der Waals surface area contributed by atoms with Gasteiger partial charge < -0.3 is 24.6 Å². The molecule has 1 saturated heterocycles. The van der Waals surface area contributed by atoms with Crippen molar-refractivity contribution >= 4 is 29.7 Å². The van der Waals surface area contributed by atoms with Crippen LogP contribution in [0.4, 0.5) is 21.2 Å². The van der Waals surface area contributed by atoms with Crippen LogP contribution in [-0.2, 0) is 20.7 Å². The van der Waals surface area contributed by atoms with Gasteiger partial charge in [-0.2, -0.15) is 0 Å². The first kappa shape index (κ1) is 44.1. The molecule has 2 fully saturated rings. The van der Waals surface area contributed by atoms with Crippen LogP contribution in [0.1, 0.15) is 78.4 Å². The average molecular weight is 899 g/mol. The number of piperazine rings is 1. The van der Waals surface area contributed by atoms with E-state index in [-0.39, 0.29) is 39.1 Å². The predicted molar refractivity (Wildman–Crippen MR) is 218 cm³/mol. The number of ether oxygens (including phenoxy) is 2.